The maximum atomic E-state index is 11.9. The van der Waals surface area contributed by atoms with E-state index in [9.17, 15) is 4.79 Å². The molecule has 2 fully saturated rings. The van der Waals surface area contributed by atoms with E-state index in [0.717, 1.165) is 30.4 Å². The fourth-order valence-corrected chi connectivity index (χ4v) is 3.19. The second kappa shape index (κ2) is 4.10. The highest BCUT2D eigenvalue weighted by atomic mass is 79.9. The van der Waals surface area contributed by atoms with Crippen LogP contribution in [0.4, 0.5) is 0 Å². The van der Waals surface area contributed by atoms with Crippen LogP contribution in [-0.4, -0.2) is 23.9 Å². The van der Waals surface area contributed by atoms with Crippen molar-refractivity contribution in [3.8, 4) is 0 Å². The van der Waals surface area contributed by atoms with E-state index in [2.05, 4.69) is 33.4 Å². The minimum absolute atomic E-state index is 0.240. The third-order valence-electron chi connectivity index (χ3n) is 3.76. The van der Waals surface area contributed by atoms with Gasteiger partial charge in [0.1, 0.15) is 5.66 Å². The van der Waals surface area contributed by atoms with Crippen molar-refractivity contribution in [1.29, 1.82) is 0 Å². The van der Waals surface area contributed by atoms with Gasteiger partial charge in [0.15, 0.2) is 0 Å². The first-order valence-electron chi connectivity index (χ1n) is 6.04. The van der Waals surface area contributed by atoms with Gasteiger partial charge in [0.2, 0.25) is 5.91 Å². The summed E-state index contributed by atoms with van der Waals surface area (Å²) in [7, 11) is 0. The van der Waals surface area contributed by atoms with Crippen molar-refractivity contribution < 1.29 is 4.79 Å². The van der Waals surface area contributed by atoms with Crippen LogP contribution in [0, 0.1) is 0 Å². The zero-order valence-electron chi connectivity index (χ0n) is 9.58. The van der Waals surface area contributed by atoms with E-state index in [0.29, 0.717) is 6.42 Å². The highest BCUT2D eigenvalue weighted by Gasteiger charge is 2.47. The molecular weight excluding hydrogens is 280 g/mol. The summed E-state index contributed by atoms with van der Waals surface area (Å²) in [6.07, 6.45) is 2.58. The van der Waals surface area contributed by atoms with Crippen LogP contribution in [0.25, 0.3) is 0 Å². The molecule has 0 saturated carbocycles. The normalized spacial score (nSPS) is 28.3. The summed E-state index contributed by atoms with van der Waals surface area (Å²) in [6.45, 7) is 1.86. The summed E-state index contributed by atoms with van der Waals surface area (Å²) in [5.74, 6) is 0.278. The number of nitrogens with one attached hydrogen (secondary N) is 1. The van der Waals surface area contributed by atoms with E-state index in [1.165, 1.54) is 5.56 Å². The predicted molar refractivity (Wildman–Crippen MR) is 69.4 cm³/mol. The molecule has 1 N–H and O–H groups in total. The molecule has 4 heteroatoms. The number of rotatable bonds is 1. The van der Waals surface area contributed by atoms with Gasteiger partial charge in [-0.1, -0.05) is 28.1 Å². The third kappa shape index (κ3) is 1.70. The van der Waals surface area contributed by atoms with Crippen LogP contribution in [0.3, 0.4) is 0 Å². The van der Waals surface area contributed by atoms with Crippen molar-refractivity contribution >= 4 is 21.8 Å². The molecule has 2 saturated heterocycles. The minimum Gasteiger partial charge on any atom is -0.320 e. The Morgan fingerprint density at radius 3 is 2.82 bits per heavy atom. The summed E-state index contributed by atoms with van der Waals surface area (Å²) >= 11 is 3.45. The molecule has 2 aliphatic rings. The first kappa shape index (κ1) is 11.2. The van der Waals surface area contributed by atoms with Crippen molar-refractivity contribution in [3.05, 3.63) is 34.3 Å². The standard InChI is InChI=1S/C13H15BrN2O/c14-11-4-2-10(3-5-11)13-7-6-12(17)16(13)9-1-8-15-13/h2-5,15H,1,6-9H2. The van der Waals surface area contributed by atoms with Gasteiger partial charge in [-0.15, -0.1) is 0 Å². The highest BCUT2D eigenvalue weighted by Crippen LogP contribution is 2.39. The molecule has 1 atom stereocenters. The van der Waals surface area contributed by atoms with Gasteiger partial charge >= 0.3 is 0 Å². The van der Waals surface area contributed by atoms with Gasteiger partial charge in [-0.25, -0.2) is 0 Å². The number of carbonyl (C=O) groups is 1. The summed E-state index contributed by atoms with van der Waals surface area (Å²) < 4.78 is 1.07. The van der Waals surface area contributed by atoms with E-state index < -0.39 is 0 Å². The second-order valence-corrected chi connectivity index (χ2v) is 5.61. The maximum absolute atomic E-state index is 11.9. The van der Waals surface area contributed by atoms with E-state index >= 15 is 0 Å². The second-order valence-electron chi connectivity index (χ2n) is 4.69. The predicted octanol–water partition coefficient (Wildman–Crippen LogP) is 2.22. The van der Waals surface area contributed by atoms with Gasteiger partial charge in [-0.05, 0) is 37.1 Å². The first-order valence-corrected chi connectivity index (χ1v) is 6.83. The molecule has 1 aromatic carbocycles. The lowest BCUT2D eigenvalue weighted by Gasteiger charge is -2.43. The molecule has 0 aromatic heterocycles. The number of hydrogen-bond donors (Lipinski definition) is 1. The zero-order valence-corrected chi connectivity index (χ0v) is 11.2. The fourth-order valence-electron chi connectivity index (χ4n) is 2.93. The molecule has 0 radical (unpaired) electrons. The molecule has 1 amide bonds. The van der Waals surface area contributed by atoms with Crippen LogP contribution < -0.4 is 5.32 Å². The largest absolute Gasteiger partial charge is 0.320 e. The van der Waals surface area contributed by atoms with Gasteiger partial charge in [0, 0.05) is 17.4 Å². The summed E-state index contributed by atoms with van der Waals surface area (Å²) in [6, 6.07) is 8.30. The van der Waals surface area contributed by atoms with Crippen LogP contribution >= 0.6 is 15.9 Å². The lowest BCUT2D eigenvalue weighted by Crippen LogP contribution is -2.58. The van der Waals surface area contributed by atoms with E-state index in [4.69, 9.17) is 0 Å². The number of carbonyl (C=O) groups excluding carboxylic acids is 1. The van der Waals surface area contributed by atoms with Crippen LogP contribution in [0.15, 0.2) is 28.7 Å². The average Bonchev–Trinajstić information content (AvgIpc) is 2.70. The summed E-state index contributed by atoms with van der Waals surface area (Å²) in [5.41, 5.74) is 0.960. The van der Waals surface area contributed by atoms with Crippen molar-refractivity contribution in [3.63, 3.8) is 0 Å². The van der Waals surface area contributed by atoms with Crippen LogP contribution in [0.5, 0.6) is 0 Å². The molecule has 90 valence electrons. The molecule has 3 nitrogen and oxygen atoms in total. The lowest BCUT2D eigenvalue weighted by molar-refractivity contribution is -0.133. The maximum Gasteiger partial charge on any atom is 0.224 e. The van der Waals surface area contributed by atoms with Gasteiger partial charge in [-0.3, -0.25) is 10.1 Å². The topological polar surface area (TPSA) is 32.3 Å². The highest BCUT2D eigenvalue weighted by molar-refractivity contribution is 9.10. The molecule has 0 bridgehead atoms. The monoisotopic (exact) mass is 294 g/mol. The Bertz CT molecular complexity index is 445. The quantitative estimate of drug-likeness (QED) is 0.861. The Morgan fingerprint density at radius 2 is 2.06 bits per heavy atom. The third-order valence-corrected chi connectivity index (χ3v) is 4.29. The number of fused-ring (bicyclic) bond motifs is 1. The Morgan fingerprint density at radius 1 is 1.29 bits per heavy atom. The zero-order chi connectivity index (χ0) is 11.9. The number of nitrogens with zero attached hydrogens (tertiary/aromatic N) is 1. The minimum atomic E-state index is -0.240. The molecule has 0 spiro atoms. The number of hydrogen-bond acceptors (Lipinski definition) is 2. The average molecular weight is 295 g/mol. The molecular formula is C13H15BrN2O. The molecule has 3 rings (SSSR count). The van der Waals surface area contributed by atoms with Gasteiger partial charge < -0.3 is 4.90 Å². The number of amides is 1. The van der Waals surface area contributed by atoms with E-state index in [1.807, 2.05) is 17.0 Å². The van der Waals surface area contributed by atoms with Crippen LogP contribution in [0.1, 0.15) is 24.8 Å². The molecule has 2 heterocycles. The van der Waals surface area contributed by atoms with E-state index in [1.54, 1.807) is 0 Å². The Hall–Kier alpha value is -0.870. The number of halogens is 1. The molecule has 0 aliphatic carbocycles. The Kier molecular flexibility index (Phi) is 2.71. The van der Waals surface area contributed by atoms with Crippen LogP contribution in [0.2, 0.25) is 0 Å². The van der Waals surface area contributed by atoms with E-state index in [-0.39, 0.29) is 11.6 Å². The lowest BCUT2D eigenvalue weighted by atomic mass is 9.94. The summed E-state index contributed by atoms with van der Waals surface area (Å²) in [4.78, 5) is 13.9. The van der Waals surface area contributed by atoms with Gasteiger partial charge in [-0.2, -0.15) is 0 Å². The fraction of sp³-hybridized carbons (Fsp3) is 0.462. The van der Waals surface area contributed by atoms with Crippen LogP contribution in [-0.2, 0) is 10.5 Å². The SMILES string of the molecule is O=C1CCC2(c3ccc(Br)cc3)NCCCN12. The van der Waals surface area contributed by atoms with Crippen molar-refractivity contribution in [2.24, 2.45) is 0 Å². The van der Waals surface area contributed by atoms with Crippen molar-refractivity contribution in [2.75, 3.05) is 13.1 Å². The molecule has 1 aromatic rings. The first-order chi connectivity index (χ1) is 8.22. The van der Waals surface area contributed by atoms with Gasteiger partial charge in [0.05, 0.1) is 0 Å². The Labute approximate surface area is 109 Å². The van der Waals surface area contributed by atoms with Crippen molar-refractivity contribution in [2.45, 2.75) is 24.9 Å². The number of benzene rings is 1. The van der Waals surface area contributed by atoms with Gasteiger partial charge in [0.25, 0.3) is 0 Å². The molecule has 2 aliphatic heterocycles. The Balaban J connectivity index is 2.03. The smallest absolute Gasteiger partial charge is 0.224 e. The van der Waals surface area contributed by atoms with Crippen molar-refractivity contribution in [1.82, 2.24) is 10.2 Å². The summed E-state index contributed by atoms with van der Waals surface area (Å²) in [5, 5.41) is 3.55. The molecule has 17 heavy (non-hydrogen) atoms. The molecule has 1 unspecified atom stereocenters.